The van der Waals surface area contributed by atoms with Gasteiger partial charge in [-0.15, -0.1) is 0 Å². The van der Waals surface area contributed by atoms with E-state index in [0.717, 1.165) is 34.6 Å². The van der Waals surface area contributed by atoms with Crippen LogP contribution in [0.25, 0.3) is 0 Å². The molecule has 23 heavy (non-hydrogen) atoms. The Morgan fingerprint density at radius 3 is 2.30 bits per heavy atom. The summed E-state index contributed by atoms with van der Waals surface area (Å²) < 4.78 is 0. The van der Waals surface area contributed by atoms with E-state index in [9.17, 15) is 10.1 Å². The average molecular weight is 340 g/mol. The fourth-order valence-electron chi connectivity index (χ4n) is 1.58. The zero-order valence-electron chi connectivity index (χ0n) is 14.9. The molecule has 1 aromatic rings. The number of nitrogens with two attached hydrogens (primary N) is 1. The van der Waals surface area contributed by atoms with Crippen molar-refractivity contribution in [2.45, 2.75) is 27.7 Å². The fraction of sp³-hybridized carbons (Fsp3) is 0.562. The number of nitro groups is 1. The van der Waals surface area contributed by atoms with Gasteiger partial charge in [0.1, 0.15) is 0 Å². The van der Waals surface area contributed by atoms with Gasteiger partial charge in [0.15, 0.2) is 5.17 Å². The Balaban J connectivity index is 0.000000705. The number of thioether (sulfide) groups is 1. The Hall–Kier alpha value is -1.60. The zero-order valence-corrected chi connectivity index (χ0v) is 15.7. The summed E-state index contributed by atoms with van der Waals surface area (Å²) in [4.78, 5) is 16.8. The Kier molecular flexibility index (Phi) is 10.2. The first-order valence-electron chi connectivity index (χ1n) is 7.56. The summed E-state index contributed by atoms with van der Waals surface area (Å²) >= 11 is 1.71. The van der Waals surface area contributed by atoms with Crippen LogP contribution in [0.5, 0.6) is 0 Å². The molecule has 0 bridgehead atoms. The molecule has 0 aliphatic carbocycles. The van der Waals surface area contributed by atoms with E-state index in [1.54, 1.807) is 23.9 Å². The van der Waals surface area contributed by atoms with Crippen LogP contribution in [-0.2, 0) is 0 Å². The second-order valence-corrected chi connectivity index (χ2v) is 6.69. The topological polar surface area (TPSA) is 84.8 Å². The van der Waals surface area contributed by atoms with E-state index in [0.29, 0.717) is 0 Å². The van der Waals surface area contributed by atoms with Crippen molar-refractivity contribution < 1.29 is 4.92 Å². The highest BCUT2D eigenvalue weighted by molar-refractivity contribution is 8.14. The maximum atomic E-state index is 10.6. The summed E-state index contributed by atoms with van der Waals surface area (Å²) in [6.45, 7) is 9.33. The lowest BCUT2D eigenvalue weighted by molar-refractivity contribution is -0.384. The number of hydrogen-bond acceptors (Lipinski definition) is 5. The Labute approximate surface area is 143 Å². The molecule has 0 radical (unpaired) electrons. The van der Waals surface area contributed by atoms with Gasteiger partial charge in [-0.1, -0.05) is 32.5 Å². The molecular weight excluding hydrogens is 312 g/mol. The van der Waals surface area contributed by atoms with Crippen molar-refractivity contribution in [3.8, 4) is 0 Å². The highest BCUT2D eigenvalue weighted by atomic mass is 32.2. The van der Waals surface area contributed by atoms with E-state index in [4.69, 9.17) is 0 Å². The Morgan fingerprint density at radius 1 is 1.35 bits per heavy atom. The summed E-state index contributed by atoms with van der Waals surface area (Å²) in [5, 5.41) is 11.6. The van der Waals surface area contributed by atoms with E-state index < -0.39 is 0 Å². The summed E-state index contributed by atoms with van der Waals surface area (Å²) in [5.41, 5.74) is 6.23. The second kappa shape index (κ2) is 11.0. The molecule has 2 rings (SSSR count). The normalized spacial score (nSPS) is 15.0. The van der Waals surface area contributed by atoms with Gasteiger partial charge in [-0.3, -0.25) is 10.1 Å². The first-order chi connectivity index (χ1) is 10.8. The lowest BCUT2D eigenvalue weighted by Crippen LogP contribution is -2.17. The van der Waals surface area contributed by atoms with Gasteiger partial charge in [-0.25, -0.2) is 4.99 Å². The molecule has 1 fully saturated rings. The smallest absolute Gasteiger partial charge is 0.269 e. The molecule has 0 saturated carbocycles. The standard InChI is InChI=1S/C11H13N3O2S.C4H10.CH5N/c1-8-7-9(14(15)16)3-4-10(8)12-11-13(2)5-6-17-11;1-4(2)3;1-2/h3-4,7H,5-6H2,1-2H3;4H,1-3H3;2H2,1H3. The lowest BCUT2D eigenvalue weighted by atomic mass is 10.2. The monoisotopic (exact) mass is 340 g/mol. The first-order valence-corrected chi connectivity index (χ1v) is 8.55. The third-order valence-corrected chi connectivity index (χ3v) is 3.64. The number of benzene rings is 1. The summed E-state index contributed by atoms with van der Waals surface area (Å²) in [5.74, 6) is 1.88. The van der Waals surface area contributed by atoms with Crippen LogP contribution >= 0.6 is 11.8 Å². The van der Waals surface area contributed by atoms with Crippen LogP contribution < -0.4 is 5.73 Å². The summed E-state index contributed by atoms with van der Waals surface area (Å²) in [6.07, 6.45) is 0. The number of nitro benzene ring substituents is 1. The molecular formula is C16H28N4O2S. The minimum atomic E-state index is -0.389. The van der Waals surface area contributed by atoms with Crippen molar-refractivity contribution in [3.63, 3.8) is 0 Å². The average Bonchev–Trinajstić information content (AvgIpc) is 2.88. The third-order valence-electron chi connectivity index (χ3n) is 2.59. The quantitative estimate of drug-likeness (QED) is 0.653. The van der Waals surface area contributed by atoms with Gasteiger partial charge in [0.2, 0.25) is 0 Å². The zero-order chi connectivity index (χ0) is 18.0. The molecule has 1 aliphatic rings. The molecule has 0 amide bonds. The van der Waals surface area contributed by atoms with Crippen LogP contribution in [0, 0.1) is 23.0 Å². The van der Waals surface area contributed by atoms with Crippen molar-refractivity contribution >= 4 is 28.3 Å². The Bertz CT molecular complexity index is 530. The van der Waals surface area contributed by atoms with Gasteiger partial charge in [-0.05, 0) is 31.5 Å². The predicted octanol–water partition coefficient (Wildman–Crippen LogP) is 3.81. The van der Waals surface area contributed by atoms with E-state index >= 15 is 0 Å². The number of non-ortho nitro benzene ring substituents is 1. The molecule has 1 aliphatic heterocycles. The highest BCUT2D eigenvalue weighted by Gasteiger charge is 2.16. The lowest BCUT2D eigenvalue weighted by Gasteiger charge is -2.10. The van der Waals surface area contributed by atoms with Crippen molar-refractivity contribution in [1.29, 1.82) is 0 Å². The molecule has 6 nitrogen and oxygen atoms in total. The highest BCUT2D eigenvalue weighted by Crippen LogP contribution is 2.27. The molecule has 0 spiro atoms. The summed E-state index contributed by atoms with van der Waals surface area (Å²) in [6, 6.07) is 4.75. The maximum absolute atomic E-state index is 10.6. The van der Waals surface area contributed by atoms with E-state index in [1.807, 2.05) is 14.0 Å². The van der Waals surface area contributed by atoms with Gasteiger partial charge < -0.3 is 10.6 Å². The van der Waals surface area contributed by atoms with Crippen LogP contribution in [0.4, 0.5) is 11.4 Å². The molecule has 0 unspecified atom stereocenters. The molecule has 2 N–H and O–H groups in total. The molecule has 0 atom stereocenters. The number of amidine groups is 1. The largest absolute Gasteiger partial charge is 0.353 e. The van der Waals surface area contributed by atoms with Gasteiger partial charge in [0.25, 0.3) is 5.69 Å². The van der Waals surface area contributed by atoms with Crippen molar-refractivity contribution in [3.05, 3.63) is 33.9 Å². The number of aryl methyl sites for hydroxylation is 1. The van der Waals surface area contributed by atoms with E-state index in [1.165, 1.54) is 13.1 Å². The van der Waals surface area contributed by atoms with Crippen LogP contribution in [-0.4, -0.2) is 41.4 Å². The van der Waals surface area contributed by atoms with Crippen LogP contribution in [0.1, 0.15) is 26.3 Å². The van der Waals surface area contributed by atoms with Crippen molar-refractivity contribution in [2.24, 2.45) is 16.6 Å². The van der Waals surface area contributed by atoms with Crippen LogP contribution in [0.15, 0.2) is 23.2 Å². The maximum Gasteiger partial charge on any atom is 0.269 e. The van der Waals surface area contributed by atoms with Gasteiger partial charge >= 0.3 is 0 Å². The SMILES string of the molecule is CC(C)C.CN.Cc1cc([N+](=O)[O-])ccc1N=C1SCCN1C. The molecule has 1 saturated heterocycles. The first kappa shape index (κ1) is 21.4. The molecule has 7 heteroatoms. The van der Waals surface area contributed by atoms with Gasteiger partial charge in [0, 0.05) is 31.5 Å². The molecule has 1 aromatic carbocycles. The van der Waals surface area contributed by atoms with Crippen LogP contribution in [0.2, 0.25) is 0 Å². The van der Waals surface area contributed by atoms with Gasteiger partial charge in [0.05, 0.1) is 10.6 Å². The fourth-order valence-corrected chi connectivity index (χ4v) is 2.60. The molecule has 0 aromatic heterocycles. The number of rotatable bonds is 2. The third kappa shape index (κ3) is 7.99. The Morgan fingerprint density at radius 2 is 1.91 bits per heavy atom. The van der Waals surface area contributed by atoms with E-state index in [-0.39, 0.29) is 10.6 Å². The number of aliphatic imine (C=N–C) groups is 1. The number of hydrogen-bond donors (Lipinski definition) is 1. The molecule has 130 valence electrons. The van der Waals surface area contributed by atoms with E-state index in [2.05, 4.69) is 36.4 Å². The number of nitrogens with zero attached hydrogens (tertiary/aromatic N) is 3. The summed E-state index contributed by atoms with van der Waals surface area (Å²) in [7, 11) is 3.50. The van der Waals surface area contributed by atoms with Gasteiger partial charge in [-0.2, -0.15) is 0 Å². The minimum absolute atomic E-state index is 0.110. The second-order valence-electron chi connectivity index (χ2n) is 5.62. The van der Waals surface area contributed by atoms with Crippen molar-refractivity contribution in [1.82, 2.24) is 4.90 Å². The van der Waals surface area contributed by atoms with Crippen LogP contribution in [0.3, 0.4) is 0 Å². The minimum Gasteiger partial charge on any atom is -0.353 e. The predicted molar refractivity (Wildman–Crippen MR) is 101 cm³/mol. The molecule has 1 heterocycles. The van der Waals surface area contributed by atoms with Crippen molar-refractivity contribution in [2.75, 3.05) is 26.4 Å².